The van der Waals surface area contributed by atoms with E-state index in [1.54, 1.807) is 0 Å². The van der Waals surface area contributed by atoms with Crippen LogP contribution in [0.3, 0.4) is 0 Å². The van der Waals surface area contributed by atoms with Gasteiger partial charge in [0.15, 0.2) is 5.82 Å². The van der Waals surface area contributed by atoms with Crippen molar-refractivity contribution in [1.82, 2.24) is 9.97 Å². The number of nitrogens with zero attached hydrogens (tertiary/aromatic N) is 2. The van der Waals surface area contributed by atoms with Gasteiger partial charge in [0.2, 0.25) is 0 Å². The maximum absolute atomic E-state index is 6.78. The number of benzene rings is 7. The van der Waals surface area contributed by atoms with E-state index in [-0.39, 0.29) is 5.92 Å². The molecule has 2 aliphatic rings. The Morgan fingerprint density at radius 2 is 1.09 bits per heavy atom. The van der Waals surface area contributed by atoms with E-state index in [0.29, 0.717) is 0 Å². The van der Waals surface area contributed by atoms with Crippen LogP contribution >= 0.6 is 0 Å². The molecule has 9 aromatic rings. The van der Waals surface area contributed by atoms with Gasteiger partial charge in [0, 0.05) is 40.0 Å². The first-order valence-corrected chi connectivity index (χ1v) is 18.2. The van der Waals surface area contributed by atoms with Gasteiger partial charge in [0.1, 0.15) is 11.3 Å². The highest BCUT2D eigenvalue weighted by Crippen LogP contribution is 2.52. The molecule has 1 unspecified atom stereocenters. The number of fused-ring (bicyclic) bond motifs is 7. The first kappa shape index (κ1) is 29.8. The first-order chi connectivity index (χ1) is 26.2. The van der Waals surface area contributed by atoms with Gasteiger partial charge >= 0.3 is 0 Å². The fourth-order valence-corrected chi connectivity index (χ4v) is 8.39. The highest BCUT2D eigenvalue weighted by Gasteiger charge is 2.30. The van der Waals surface area contributed by atoms with Crippen LogP contribution in [0, 0.1) is 0 Å². The molecule has 0 radical (unpaired) electrons. The lowest BCUT2D eigenvalue weighted by molar-refractivity contribution is 0.530. The lowest BCUT2D eigenvalue weighted by Gasteiger charge is -2.18. The Morgan fingerprint density at radius 1 is 0.491 bits per heavy atom. The van der Waals surface area contributed by atoms with E-state index >= 15 is 0 Å². The van der Waals surface area contributed by atoms with Gasteiger partial charge in [-0.05, 0) is 61.8 Å². The predicted octanol–water partition coefficient (Wildman–Crippen LogP) is 13.0. The van der Waals surface area contributed by atoms with Crippen molar-refractivity contribution in [2.75, 3.05) is 0 Å². The molecule has 3 nitrogen and oxygen atoms in total. The maximum atomic E-state index is 6.78. The molecule has 2 aromatic heterocycles. The van der Waals surface area contributed by atoms with Gasteiger partial charge in [-0.25, -0.2) is 9.97 Å². The molecule has 0 amide bonds. The molecule has 7 aromatic carbocycles. The van der Waals surface area contributed by atoms with E-state index in [1.807, 2.05) is 12.1 Å². The zero-order valence-electron chi connectivity index (χ0n) is 28.8. The number of hydrogen-bond donors (Lipinski definition) is 0. The van der Waals surface area contributed by atoms with Crippen LogP contribution < -0.4 is 0 Å². The molecule has 0 saturated heterocycles. The molecule has 2 heterocycles. The van der Waals surface area contributed by atoms with Gasteiger partial charge in [-0.1, -0.05) is 164 Å². The number of allylic oxidation sites excluding steroid dienone is 1. The molecule has 1 atom stereocenters. The first-order valence-electron chi connectivity index (χ1n) is 18.2. The second-order valence-electron chi connectivity index (χ2n) is 14.1. The van der Waals surface area contributed by atoms with Gasteiger partial charge in [-0.3, -0.25) is 0 Å². The quantitative estimate of drug-likeness (QED) is 0.182. The summed E-state index contributed by atoms with van der Waals surface area (Å²) in [5.74, 6) is 1.75. The van der Waals surface area contributed by atoms with Crippen LogP contribution in [0.2, 0.25) is 0 Å². The van der Waals surface area contributed by atoms with Crippen molar-refractivity contribution in [3.8, 4) is 67.2 Å². The van der Waals surface area contributed by atoms with Gasteiger partial charge in [-0.2, -0.15) is 0 Å². The van der Waals surface area contributed by atoms with Gasteiger partial charge in [0.25, 0.3) is 0 Å². The minimum atomic E-state index is 0.0292. The van der Waals surface area contributed by atoms with Gasteiger partial charge in [-0.15, -0.1) is 0 Å². The van der Waals surface area contributed by atoms with E-state index < -0.39 is 0 Å². The van der Waals surface area contributed by atoms with Crippen molar-refractivity contribution in [1.29, 1.82) is 0 Å². The van der Waals surface area contributed by atoms with E-state index in [0.717, 1.165) is 46.1 Å². The minimum absolute atomic E-state index is 0.0292. The van der Waals surface area contributed by atoms with Crippen molar-refractivity contribution < 1.29 is 4.42 Å². The smallest absolute Gasteiger partial charge is 0.160 e. The second-order valence-corrected chi connectivity index (χ2v) is 14.1. The molecular weight excluding hydrogens is 645 g/mol. The Kier molecular flexibility index (Phi) is 6.68. The topological polar surface area (TPSA) is 38.9 Å². The van der Waals surface area contributed by atoms with Crippen LogP contribution in [0.25, 0.3) is 95.0 Å². The number of hydrogen-bond acceptors (Lipinski definition) is 3. The molecule has 0 spiro atoms. The lowest BCUT2D eigenvalue weighted by atomic mass is 9.88. The van der Waals surface area contributed by atoms with Crippen LogP contribution in [-0.4, -0.2) is 9.97 Å². The monoisotopic (exact) mass is 676 g/mol. The molecule has 0 N–H and O–H groups in total. The molecule has 2 aliphatic carbocycles. The van der Waals surface area contributed by atoms with Crippen LogP contribution in [0.1, 0.15) is 22.9 Å². The molecule has 0 fully saturated rings. The average molecular weight is 677 g/mol. The summed E-state index contributed by atoms with van der Waals surface area (Å²) in [4.78, 5) is 10.4. The summed E-state index contributed by atoms with van der Waals surface area (Å²) in [5.41, 5.74) is 16.0. The summed E-state index contributed by atoms with van der Waals surface area (Å²) in [6.45, 7) is 0. The molecule has 0 aliphatic heterocycles. The molecule has 11 rings (SSSR count). The third kappa shape index (κ3) is 4.89. The van der Waals surface area contributed by atoms with Crippen molar-refractivity contribution in [2.24, 2.45) is 0 Å². The fourth-order valence-electron chi connectivity index (χ4n) is 8.39. The summed E-state index contributed by atoms with van der Waals surface area (Å²) < 4.78 is 6.78. The van der Waals surface area contributed by atoms with Gasteiger partial charge < -0.3 is 4.42 Å². The Bertz CT molecular complexity index is 2780. The minimum Gasteiger partial charge on any atom is -0.460 e. The highest BCUT2D eigenvalue weighted by molar-refractivity contribution is 6.24. The fraction of sp³-hybridized carbons (Fsp3) is 0.0400. The molecule has 3 heteroatoms. The largest absolute Gasteiger partial charge is 0.460 e. The number of furan rings is 1. The van der Waals surface area contributed by atoms with Crippen LogP contribution in [-0.2, 0) is 6.42 Å². The zero-order chi connectivity index (χ0) is 34.9. The number of rotatable bonds is 5. The van der Waals surface area contributed by atoms with Crippen molar-refractivity contribution in [2.45, 2.75) is 12.3 Å². The standard InChI is InChI=1S/C50H32N2O/c1-3-10-31(11-4-1)33-18-22-35(23-19-33)43-30-44(52-50(51-43)36-24-20-34(21-25-36)32-12-5-2-6-13-32)37-26-27-42-45(28-37)53-46-29-38-14-9-17-40-39-15-7-8-16-41(39)49(47(38)40)48(42)46/h1-27,29-30,37H,28H2. The lowest BCUT2D eigenvalue weighted by Crippen LogP contribution is -2.08. The molecule has 53 heavy (non-hydrogen) atoms. The van der Waals surface area contributed by atoms with Crippen molar-refractivity contribution >= 4 is 27.8 Å². The Morgan fingerprint density at radius 3 is 1.81 bits per heavy atom. The molecule has 0 saturated carbocycles. The van der Waals surface area contributed by atoms with Crippen LogP contribution in [0.5, 0.6) is 0 Å². The van der Waals surface area contributed by atoms with Crippen LogP contribution in [0.15, 0.2) is 174 Å². The highest BCUT2D eigenvalue weighted by atomic mass is 16.3. The summed E-state index contributed by atoms with van der Waals surface area (Å²) in [5, 5.41) is 3.75. The molecule has 0 bridgehead atoms. The molecular formula is C50H32N2O. The third-order valence-electron chi connectivity index (χ3n) is 11.0. The molecule has 248 valence electrons. The van der Waals surface area contributed by atoms with Gasteiger partial charge in [0.05, 0.1) is 11.4 Å². The summed E-state index contributed by atoms with van der Waals surface area (Å²) in [7, 11) is 0. The summed E-state index contributed by atoms with van der Waals surface area (Å²) in [6.07, 6.45) is 5.31. The van der Waals surface area contributed by atoms with E-state index in [2.05, 4.69) is 164 Å². The third-order valence-corrected chi connectivity index (χ3v) is 11.0. The Balaban J connectivity index is 1.02. The number of aromatic nitrogens is 2. The van der Waals surface area contributed by atoms with E-state index in [1.165, 1.54) is 66.2 Å². The van der Waals surface area contributed by atoms with E-state index in [9.17, 15) is 0 Å². The average Bonchev–Trinajstić information content (AvgIpc) is 3.77. The Labute approximate surface area is 307 Å². The van der Waals surface area contributed by atoms with Crippen LogP contribution in [0.4, 0.5) is 0 Å². The summed E-state index contributed by atoms with van der Waals surface area (Å²) >= 11 is 0. The predicted molar refractivity (Wildman–Crippen MR) is 217 cm³/mol. The Hall–Kier alpha value is -6.84. The zero-order valence-corrected chi connectivity index (χ0v) is 28.8. The summed E-state index contributed by atoms with van der Waals surface area (Å²) in [6, 6.07) is 58.0. The second kappa shape index (κ2) is 11.9. The van der Waals surface area contributed by atoms with E-state index in [4.69, 9.17) is 14.4 Å². The SMILES string of the molecule is C1=CC(c2cc(-c3ccc(-c4ccccc4)cc3)nc(-c3ccc(-c4ccccc4)cc3)n2)Cc2oc3cc4cccc5c4c(c3c21)-c1ccccc1-5. The van der Waals surface area contributed by atoms with Crippen molar-refractivity contribution in [3.63, 3.8) is 0 Å². The maximum Gasteiger partial charge on any atom is 0.160 e. The van der Waals surface area contributed by atoms with Crippen molar-refractivity contribution in [3.05, 3.63) is 187 Å². The normalized spacial score (nSPS) is 14.1.